The number of benzene rings is 1. The van der Waals surface area contributed by atoms with Crippen LogP contribution in [-0.4, -0.2) is 24.7 Å². The maximum absolute atomic E-state index is 12.6. The molecule has 1 aromatic carbocycles. The molecule has 6 nitrogen and oxygen atoms in total. The second kappa shape index (κ2) is 5.34. The zero-order chi connectivity index (χ0) is 16.7. The van der Waals surface area contributed by atoms with E-state index in [1.54, 1.807) is 18.3 Å². The van der Waals surface area contributed by atoms with Gasteiger partial charge in [-0.3, -0.25) is 9.78 Å². The summed E-state index contributed by atoms with van der Waals surface area (Å²) in [5, 5.41) is 15.0. The Kier molecular flexibility index (Phi) is 3.16. The summed E-state index contributed by atoms with van der Waals surface area (Å²) in [6, 6.07) is 14.5. The molecule has 0 spiro atoms. The highest BCUT2D eigenvalue weighted by Crippen LogP contribution is 2.30. The molecule has 0 saturated heterocycles. The Morgan fingerprint density at radius 1 is 1.04 bits per heavy atom. The Bertz CT molecular complexity index is 1080. The number of hydrogen-bond acceptors (Lipinski definition) is 4. The van der Waals surface area contributed by atoms with E-state index in [-0.39, 0.29) is 17.0 Å². The van der Waals surface area contributed by atoms with Crippen molar-refractivity contribution in [3.63, 3.8) is 0 Å². The summed E-state index contributed by atoms with van der Waals surface area (Å²) >= 11 is 0. The number of aromatic nitrogens is 4. The van der Waals surface area contributed by atoms with Gasteiger partial charge >= 0.3 is 0 Å². The number of pyridine rings is 1. The first-order chi connectivity index (χ1) is 11.7. The van der Waals surface area contributed by atoms with Crippen LogP contribution in [-0.2, 0) is 0 Å². The monoisotopic (exact) mass is 318 g/mol. The summed E-state index contributed by atoms with van der Waals surface area (Å²) in [5.74, 6) is -0.190. The first kappa shape index (κ1) is 14.2. The van der Waals surface area contributed by atoms with E-state index in [1.165, 1.54) is 4.52 Å². The maximum Gasteiger partial charge on any atom is 0.262 e. The molecular weight excluding hydrogens is 304 g/mol. The molecule has 0 saturated carbocycles. The summed E-state index contributed by atoms with van der Waals surface area (Å²) in [5.41, 5.74) is 2.93. The minimum Gasteiger partial charge on any atom is -0.493 e. The van der Waals surface area contributed by atoms with Crippen molar-refractivity contribution < 1.29 is 5.11 Å². The number of nitrogens with one attached hydrogen (secondary N) is 1. The number of aromatic hydroxyl groups is 1. The highest BCUT2D eigenvalue weighted by atomic mass is 16.3. The molecular formula is C18H14N4O2. The van der Waals surface area contributed by atoms with Gasteiger partial charge in [-0.2, -0.15) is 9.61 Å². The average molecular weight is 318 g/mol. The van der Waals surface area contributed by atoms with Gasteiger partial charge in [0.25, 0.3) is 5.56 Å². The second-order valence-electron chi connectivity index (χ2n) is 5.45. The molecule has 0 aliphatic rings. The van der Waals surface area contributed by atoms with Crippen LogP contribution in [0.5, 0.6) is 5.88 Å². The molecule has 0 amide bonds. The molecule has 3 aromatic heterocycles. The molecule has 0 aliphatic heterocycles. The second-order valence-corrected chi connectivity index (χ2v) is 5.45. The van der Waals surface area contributed by atoms with Gasteiger partial charge in [-0.05, 0) is 24.6 Å². The van der Waals surface area contributed by atoms with E-state index in [0.717, 1.165) is 0 Å². The number of aromatic amines is 1. The molecule has 0 aliphatic carbocycles. The van der Waals surface area contributed by atoms with Crippen LogP contribution in [0, 0.1) is 6.92 Å². The summed E-state index contributed by atoms with van der Waals surface area (Å²) in [7, 11) is 0. The lowest BCUT2D eigenvalue weighted by atomic mass is 10.1. The van der Waals surface area contributed by atoms with Crippen molar-refractivity contribution in [3.8, 4) is 28.3 Å². The maximum atomic E-state index is 12.6. The fourth-order valence-corrected chi connectivity index (χ4v) is 2.86. The Hall–Kier alpha value is -3.41. The molecule has 0 unspecified atom stereocenters. The van der Waals surface area contributed by atoms with E-state index < -0.39 is 0 Å². The van der Waals surface area contributed by atoms with Gasteiger partial charge in [0, 0.05) is 6.20 Å². The van der Waals surface area contributed by atoms with Crippen LogP contribution in [0.15, 0.2) is 59.5 Å². The highest BCUT2D eigenvalue weighted by Gasteiger charge is 2.20. The van der Waals surface area contributed by atoms with E-state index in [1.807, 2.05) is 43.3 Å². The van der Waals surface area contributed by atoms with Crippen molar-refractivity contribution in [2.24, 2.45) is 0 Å². The summed E-state index contributed by atoms with van der Waals surface area (Å²) in [6.45, 7) is 1.82. The first-order valence-corrected chi connectivity index (χ1v) is 7.48. The van der Waals surface area contributed by atoms with Gasteiger partial charge in [0.1, 0.15) is 11.2 Å². The minimum atomic E-state index is -0.372. The third-order valence-corrected chi connectivity index (χ3v) is 3.93. The van der Waals surface area contributed by atoms with Gasteiger partial charge in [0.2, 0.25) is 5.88 Å². The van der Waals surface area contributed by atoms with Crippen molar-refractivity contribution in [2.75, 3.05) is 0 Å². The number of H-pyrrole nitrogens is 1. The topological polar surface area (TPSA) is 83.3 Å². The van der Waals surface area contributed by atoms with Crippen LogP contribution < -0.4 is 5.56 Å². The molecule has 0 bridgehead atoms. The van der Waals surface area contributed by atoms with Crippen molar-refractivity contribution >= 4 is 5.65 Å². The van der Waals surface area contributed by atoms with Crippen molar-refractivity contribution in [1.29, 1.82) is 0 Å². The van der Waals surface area contributed by atoms with E-state index in [4.69, 9.17) is 0 Å². The third kappa shape index (κ3) is 2.08. The first-order valence-electron chi connectivity index (χ1n) is 7.48. The third-order valence-electron chi connectivity index (χ3n) is 3.93. The SMILES string of the molecule is Cc1nn2c(O)c(-c3ccccc3)c(=O)[nH]c2c1-c1ccccn1. The van der Waals surface area contributed by atoms with Crippen molar-refractivity contribution in [3.05, 3.63) is 70.8 Å². The van der Waals surface area contributed by atoms with Gasteiger partial charge in [-0.15, -0.1) is 0 Å². The number of aryl methyl sites for hydroxylation is 1. The fourth-order valence-electron chi connectivity index (χ4n) is 2.86. The molecule has 0 atom stereocenters. The molecule has 0 radical (unpaired) electrons. The molecule has 2 N–H and O–H groups in total. The smallest absolute Gasteiger partial charge is 0.262 e. The van der Waals surface area contributed by atoms with Crippen LogP contribution in [0.25, 0.3) is 28.0 Å². The van der Waals surface area contributed by atoms with Gasteiger partial charge < -0.3 is 10.1 Å². The summed E-state index contributed by atoms with van der Waals surface area (Å²) < 4.78 is 1.35. The molecule has 4 aromatic rings. The zero-order valence-electron chi connectivity index (χ0n) is 12.9. The predicted molar refractivity (Wildman–Crippen MR) is 90.9 cm³/mol. The minimum absolute atomic E-state index is 0.190. The quantitative estimate of drug-likeness (QED) is 0.595. The van der Waals surface area contributed by atoms with E-state index in [9.17, 15) is 9.90 Å². The lowest BCUT2D eigenvalue weighted by molar-refractivity contribution is 0.436. The molecule has 3 heterocycles. The highest BCUT2D eigenvalue weighted by molar-refractivity contribution is 5.80. The summed E-state index contributed by atoms with van der Waals surface area (Å²) in [4.78, 5) is 19.7. The van der Waals surface area contributed by atoms with Crippen molar-refractivity contribution in [2.45, 2.75) is 6.92 Å². The Morgan fingerprint density at radius 3 is 2.50 bits per heavy atom. The van der Waals surface area contributed by atoms with Gasteiger partial charge in [0.05, 0.1) is 17.0 Å². The van der Waals surface area contributed by atoms with E-state index >= 15 is 0 Å². The Balaban J connectivity index is 2.05. The predicted octanol–water partition coefficient (Wildman–Crippen LogP) is 2.77. The Labute approximate surface area is 137 Å². The molecule has 0 fully saturated rings. The van der Waals surface area contributed by atoms with Gasteiger partial charge in [-0.25, -0.2) is 0 Å². The van der Waals surface area contributed by atoms with Crippen LogP contribution in [0.3, 0.4) is 0 Å². The van der Waals surface area contributed by atoms with Crippen LogP contribution in [0.4, 0.5) is 0 Å². The number of rotatable bonds is 2. The average Bonchev–Trinajstić information content (AvgIpc) is 2.93. The van der Waals surface area contributed by atoms with E-state index in [0.29, 0.717) is 28.2 Å². The molecule has 4 rings (SSSR count). The zero-order valence-corrected chi connectivity index (χ0v) is 12.9. The van der Waals surface area contributed by atoms with Crippen LogP contribution in [0.1, 0.15) is 5.69 Å². The van der Waals surface area contributed by atoms with Gasteiger partial charge in [-0.1, -0.05) is 36.4 Å². The lowest BCUT2D eigenvalue weighted by Gasteiger charge is -2.06. The molecule has 6 heteroatoms. The van der Waals surface area contributed by atoms with Crippen LogP contribution in [0.2, 0.25) is 0 Å². The fraction of sp³-hybridized carbons (Fsp3) is 0.0556. The van der Waals surface area contributed by atoms with Crippen LogP contribution >= 0.6 is 0 Å². The van der Waals surface area contributed by atoms with Crippen molar-refractivity contribution in [1.82, 2.24) is 19.6 Å². The standard InChI is InChI=1S/C18H14N4O2/c1-11-14(13-9-5-6-10-19-13)16-20-17(23)15(18(24)22(16)21-11)12-7-3-2-4-8-12/h2-10,24H,1H3,(H,20,23). The summed E-state index contributed by atoms with van der Waals surface area (Å²) in [6.07, 6.45) is 1.68. The van der Waals surface area contributed by atoms with E-state index in [2.05, 4.69) is 15.1 Å². The number of hydrogen-bond donors (Lipinski definition) is 2. The lowest BCUT2D eigenvalue weighted by Crippen LogP contribution is -2.12. The molecule has 24 heavy (non-hydrogen) atoms. The van der Waals surface area contributed by atoms with Gasteiger partial charge in [0.15, 0.2) is 0 Å². The normalized spacial score (nSPS) is 11.0. The number of fused-ring (bicyclic) bond motifs is 1. The Morgan fingerprint density at radius 2 is 1.79 bits per heavy atom. The number of nitrogens with zero attached hydrogens (tertiary/aromatic N) is 3. The molecule has 118 valence electrons. The largest absolute Gasteiger partial charge is 0.493 e.